The van der Waals surface area contributed by atoms with Crippen LogP contribution in [0.3, 0.4) is 0 Å². The zero-order valence-electron chi connectivity index (χ0n) is 6.61. The number of carbonyl (C=O) groups is 1. The van der Waals surface area contributed by atoms with E-state index in [4.69, 9.17) is 16.7 Å². The molecule has 6 heteroatoms. The van der Waals surface area contributed by atoms with Gasteiger partial charge in [-0.1, -0.05) is 11.6 Å². The molecule has 1 N–H and O–H groups in total. The van der Waals surface area contributed by atoms with Crippen LogP contribution in [0.4, 0.5) is 0 Å². The highest BCUT2D eigenvalue weighted by atomic mass is 35.5. The predicted octanol–water partition coefficient (Wildman–Crippen LogP) is 2.06. The van der Waals surface area contributed by atoms with Crippen LogP contribution in [0.2, 0.25) is 5.15 Å². The van der Waals surface area contributed by atoms with Crippen molar-refractivity contribution in [2.45, 2.75) is 6.92 Å². The number of aromatic carboxylic acids is 1. The largest absolute Gasteiger partial charge is 0.477 e. The SMILES string of the molecule is Cc1nc2scc(C(=O)O)n2c1Cl. The first-order chi connectivity index (χ1) is 6.11. The summed E-state index contributed by atoms with van der Waals surface area (Å²) in [5.41, 5.74) is 0.807. The fourth-order valence-electron chi connectivity index (χ4n) is 1.08. The quantitative estimate of drug-likeness (QED) is 0.794. The van der Waals surface area contributed by atoms with Gasteiger partial charge in [0.05, 0.1) is 5.69 Å². The molecule has 0 fully saturated rings. The summed E-state index contributed by atoms with van der Waals surface area (Å²) in [6, 6.07) is 0. The van der Waals surface area contributed by atoms with Crippen molar-refractivity contribution < 1.29 is 9.90 Å². The smallest absolute Gasteiger partial charge is 0.353 e. The molecule has 0 bridgehead atoms. The molecule has 0 aliphatic rings. The van der Waals surface area contributed by atoms with Crippen molar-refractivity contribution in [2.24, 2.45) is 0 Å². The summed E-state index contributed by atoms with van der Waals surface area (Å²) < 4.78 is 1.43. The van der Waals surface area contributed by atoms with Gasteiger partial charge in [-0.05, 0) is 6.92 Å². The maximum atomic E-state index is 10.7. The van der Waals surface area contributed by atoms with Crippen molar-refractivity contribution in [3.63, 3.8) is 0 Å². The van der Waals surface area contributed by atoms with Gasteiger partial charge in [-0.2, -0.15) is 0 Å². The molecule has 0 aliphatic carbocycles. The third-order valence-electron chi connectivity index (χ3n) is 1.69. The van der Waals surface area contributed by atoms with Gasteiger partial charge in [0.2, 0.25) is 0 Å². The molecule has 0 saturated carbocycles. The maximum Gasteiger partial charge on any atom is 0.353 e. The highest BCUT2D eigenvalue weighted by Crippen LogP contribution is 2.24. The van der Waals surface area contributed by atoms with E-state index < -0.39 is 5.97 Å². The van der Waals surface area contributed by atoms with Crippen molar-refractivity contribution in [1.82, 2.24) is 9.38 Å². The number of halogens is 1. The minimum Gasteiger partial charge on any atom is -0.477 e. The van der Waals surface area contributed by atoms with Gasteiger partial charge in [-0.15, -0.1) is 11.3 Å². The van der Waals surface area contributed by atoms with Gasteiger partial charge in [0.1, 0.15) is 10.8 Å². The lowest BCUT2D eigenvalue weighted by Crippen LogP contribution is -2.00. The lowest BCUT2D eigenvalue weighted by atomic mass is 10.5. The highest BCUT2D eigenvalue weighted by Gasteiger charge is 2.16. The second-order valence-corrected chi connectivity index (χ2v) is 3.73. The second kappa shape index (κ2) is 2.71. The molecule has 4 nitrogen and oxygen atoms in total. The van der Waals surface area contributed by atoms with Crippen molar-refractivity contribution in [2.75, 3.05) is 0 Å². The molecule has 0 radical (unpaired) electrons. The van der Waals surface area contributed by atoms with E-state index in [-0.39, 0.29) is 5.69 Å². The van der Waals surface area contributed by atoms with Gasteiger partial charge in [0.25, 0.3) is 0 Å². The van der Waals surface area contributed by atoms with E-state index in [1.807, 2.05) is 0 Å². The molecular weight excluding hydrogens is 212 g/mol. The summed E-state index contributed by atoms with van der Waals surface area (Å²) in [6.45, 7) is 1.74. The van der Waals surface area contributed by atoms with Crippen molar-refractivity contribution in [3.05, 3.63) is 21.9 Å². The Hall–Kier alpha value is -1.07. The molecule has 2 heterocycles. The summed E-state index contributed by atoms with van der Waals surface area (Å²) in [5, 5.41) is 10.7. The van der Waals surface area contributed by atoms with Crippen LogP contribution in [0.25, 0.3) is 4.96 Å². The number of aromatic nitrogens is 2. The fraction of sp³-hybridized carbons (Fsp3) is 0.143. The molecule has 0 amide bonds. The van der Waals surface area contributed by atoms with E-state index in [2.05, 4.69) is 4.98 Å². The van der Waals surface area contributed by atoms with Crippen LogP contribution in [0, 0.1) is 6.92 Å². The minimum atomic E-state index is -0.995. The lowest BCUT2D eigenvalue weighted by Gasteiger charge is -1.92. The number of imidazole rings is 1. The topological polar surface area (TPSA) is 54.6 Å². The van der Waals surface area contributed by atoms with Gasteiger partial charge < -0.3 is 5.11 Å². The molecule has 0 aliphatic heterocycles. The number of nitrogens with zero attached hydrogens (tertiary/aromatic N) is 2. The second-order valence-electron chi connectivity index (χ2n) is 2.53. The van der Waals surface area contributed by atoms with Gasteiger partial charge in [-0.25, -0.2) is 9.78 Å². The van der Waals surface area contributed by atoms with Crippen molar-refractivity contribution >= 4 is 33.9 Å². The van der Waals surface area contributed by atoms with Crippen molar-refractivity contribution in [1.29, 1.82) is 0 Å². The number of hydrogen-bond acceptors (Lipinski definition) is 3. The van der Waals surface area contributed by atoms with Gasteiger partial charge in [-0.3, -0.25) is 4.40 Å². The van der Waals surface area contributed by atoms with E-state index >= 15 is 0 Å². The van der Waals surface area contributed by atoms with Crippen LogP contribution in [-0.2, 0) is 0 Å². The number of aryl methyl sites for hydroxylation is 1. The van der Waals surface area contributed by atoms with Crippen LogP contribution in [0.1, 0.15) is 16.2 Å². The monoisotopic (exact) mass is 216 g/mol. The van der Waals surface area contributed by atoms with Gasteiger partial charge in [0.15, 0.2) is 4.96 Å². The van der Waals surface area contributed by atoms with Gasteiger partial charge >= 0.3 is 5.97 Å². The first kappa shape index (κ1) is 8.52. The standard InChI is InChI=1S/C7H5ClN2O2S/c1-3-5(8)10-4(6(11)12)2-13-7(10)9-3/h2H,1H3,(H,11,12). The summed E-state index contributed by atoms with van der Waals surface area (Å²) in [6.07, 6.45) is 0. The number of rotatable bonds is 1. The summed E-state index contributed by atoms with van der Waals surface area (Å²) >= 11 is 7.14. The van der Waals surface area contributed by atoms with Crippen molar-refractivity contribution in [3.8, 4) is 0 Å². The van der Waals surface area contributed by atoms with Crippen LogP contribution < -0.4 is 0 Å². The number of thiazole rings is 1. The van der Waals surface area contributed by atoms with E-state index in [0.717, 1.165) is 0 Å². The number of carboxylic acids is 1. The Morgan fingerprint density at radius 1 is 1.77 bits per heavy atom. The predicted molar refractivity (Wildman–Crippen MR) is 49.8 cm³/mol. The average Bonchev–Trinajstić information content (AvgIpc) is 2.55. The third kappa shape index (κ3) is 1.12. The molecule has 68 valence electrons. The zero-order valence-corrected chi connectivity index (χ0v) is 8.19. The van der Waals surface area contributed by atoms with E-state index in [0.29, 0.717) is 15.8 Å². The molecule has 2 aromatic rings. The van der Waals surface area contributed by atoms with Gasteiger partial charge in [0, 0.05) is 5.38 Å². The van der Waals surface area contributed by atoms with E-state index in [1.165, 1.54) is 21.1 Å². The molecule has 2 rings (SSSR count). The fourth-order valence-corrected chi connectivity index (χ4v) is 2.25. The van der Waals surface area contributed by atoms with E-state index in [9.17, 15) is 4.79 Å². The molecule has 0 atom stereocenters. The molecule has 0 unspecified atom stereocenters. The van der Waals surface area contributed by atoms with Crippen LogP contribution in [0.5, 0.6) is 0 Å². The maximum absolute atomic E-state index is 10.7. The Kier molecular flexibility index (Phi) is 1.78. The summed E-state index contributed by atoms with van der Waals surface area (Å²) in [4.78, 5) is 15.4. The number of fused-ring (bicyclic) bond motifs is 1. The molecule has 13 heavy (non-hydrogen) atoms. The molecule has 0 spiro atoms. The molecular formula is C7H5ClN2O2S. The third-order valence-corrected chi connectivity index (χ3v) is 2.95. The van der Waals surface area contributed by atoms with E-state index in [1.54, 1.807) is 6.92 Å². The first-order valence-electron chi connectivity index (χ1n) is 3.46. The molecule has 0 saturated heterocycles. The average molecular weight is 217 g/mol. The Morgan fingerprint density at radius 2 is 2.46 bits per heavy atom. The number of hydrogen-bond donors (Lipinski definition) is 1. The molecule has 0 aromatic carbocycles. The minimum absolute atomic E-state index is 0.158. The summed E-state index contributed by atoms with van der Waals surface area (Å²) in [5.74, 6) is -0.995. The van der Waals surface area contributed by atoms with Crippen LogP contribution in [-0.4, -0.2) is 20.5 Å². The molecule has 2 aromatic heterocycles. The zero-order chi connectivity index (χ0) is 9.59. The Balaban J connectivity index is 2.85. The highest BCUT2D eigenvalue weighted by molar-refractivity contribution is 7.15. The van der Waals surface area contributed by atoms with Crippen LogP contribution >= 0.6 is 22.9 Å². The summed E-state index contributed by atoms with van der Waals surface area (Å²) in [7, 11) is 0. The Labute approximate surface area is 82.4 Å². The normalized spacial score (nSPS) is 10.9. The Bertz CT molecular complexity index is 488. The lowest BCUT2D eigenvalue weighted by molar-refractivity contribution is 0.0689. The first-order valence-corrected chi connectivity index (χ1v) is 4.72. The van der Waals surface area contributed by atoms with Crippen LogP contribution in [0.15, 0.2) is 5.38 Å². The number of carboxylic acid groups (broad SMARTS) is 1. The Morgan fingerprint density at radius 3 is 3.08 bits per heavy atom.